The zero-order valence-electron chi connectivity index (χ0n) is 14.1. The van der Waals surface area contributed by atoms with Gasteiger partial charge < -0.3 is 10.2 Å². The van der Waals surface area contributed by atoms with Gasteiger partial charge in [-0.1, -0.05) is 12.1 Å². The topological polar surface area (TPSA) is 31.4 Å². The van der Waals surface area contributed by atoms with Crippen molar-refractivity contribution in [3.63, 3.8) is 0 Å². The number of nitrogens with zero attached hydrogens (tertiary/aromatic N) is 3. The van der Waals surface area contributed by atoms with Crippen LogP contribution in [0.1, 0.15) is 12.6 Å². The molecule has 124 valence electrons. The molecule has 23 heavy (non-hydrogen) atoms. The zero-order chi connectivity index (χ0) is 16.4. The molecule has 1 N–H and O–H groups in total. The van der Waals surface area contributed by atoms with Gasteiger partial charge >= 0.3 is 0 Å². The van der Waals surface area contributed by atoms with Gasteiger partial charge in [-0.3, -0.25) is 4.90 Å². The Morgan fingerprint density at radius 2 is 2.00 bits per heavy atom. The monoisotopic (exact) mass is 316 g/mol. The SMILES string of the molecule is Cc1cc(NC(C)CN2CCN(C)CC2)c2cccc(F)c2n1. The van der Waals surface area contributed by atoms with E-state index in [9.17, 15) is 4.39 Å². The summed E-state index contributed by atoms with van der Waals surface area (Å²) in [5.74, 6) is -0.263. The molecule has 0 amide bonds. The molecule has 1 aromatic heterocycles. The molecule has 2 aromatic rings. The number of aromatic nitrogens is 1. The van der Waals surface area contributed by atoms with Gasteiger partial charge in [0, 0.05) is 55.5 Å². The maximum Gasteiger partial charge on any atom is 0.149 e. The summed E-state index contributed by atoms with van der Waals surface area (Å²) >= 11 is 0. The fourth-order valence-electron chi connectivity index (χ4n) is 3.19. The summed E-state index contributed by atoms with van der Waals surface area (Å²) < 4.78 is 14.0. The summed E-state index contributed by atoms with van der Waals surface area (Å²) in [6, 6.07) is 7.43. The second-order valence-corrected chi connectivity index (χ2v) is 6.60. The fourth-order valence-corrected chi connectivity index (χ4v) is 3.19. The molecule has 1 aliphatic rings. The van der Waals surface area contributed by atoms with Crippen LogP contribution in [0.15, 0.2) is 24.3 Å². The number of pyridine rings is 1. The van der Waals surface area contributed by atoms with Gasteiger partial charge in [0.1, 0.15) is 11.3 Å². The molecule has 1 atom stereocenters. The Morgan fingerprint density at radius 3 is 2.74 bits per heavy atom. The number of fused-ring (bicyclic) bond motifs is 1. The summed E-state index contributed by atoms with van der Waals surface area (Å²) in [6.45, 7) is 9.53. The van der Waals surface area contributed by atoms with Gasteiger partial charge in [-0.15, -0.1) is 0 Å². The number of nitrogens with one attached hydrogen (secondary N) is 1. The first-order valence-corrected chi connectivity index (χ1v) is 8.26. The maximum atomic E-state index is 14.0. The minimum Gasteiger partial charge on any atom is -0.381 e. The zero-order valence-corrected chi connectivity index (χ0v) is 14.1. The van der Waals surface area contributed by atoms with Crippen molar-refractivity contribution in [1.82, 2.24) is 14.8 Å². The van der Waals surface area contributed by atoms with Crippen LogP contribution in [0.3, 0.4) is 0 Å². The Balaban J connectivity index is 1.74. The van der Waals surface area contributed by atoms with E-state index in [0.717, 1.165) is 49.5 Å². The smallest absolute Gasteiger partial charge is 0.149 e. The van der Waals surface area contributed by atoms with Gasteiger partial charge in [0.2, 0.25) is 0 Å². The molecule has 3 rings (SSSR count). The van der Waals surface area contributed by atoms with Crippen LogP contribution in [0, 0.1) is 12.7 Å². The van der Waals surface area contributed by atoms with E-state index in [-0.39, 0.29) is 5.82 Å². The molecule has 0 radical (unpaired) electrons. The Morgan fingerprint density at radius 1 is 1.26 bits per heavy atom. The Kier molecular flexibility index (Phi) is 4.78. The Labute approximate surface area is 137 Å². The maximum absolute atomic E-state index is 14.0. The summed E-state index contributed by atoms with van der Waals surface area (Å²) in [5.41, 5.74) is 2.24. The van der Waals surface area contributed by atoms with Crippen LogP contribution in [-0.2, 0) is 0 Å². The second-order valence-electron chi connectivity index (χ2n) is 6.60. The third-order valence-electron chi connectivity index (χ3n) is 4.45. The number of hydrogen-bond acceptors (Lipinski definition) is 4. The Hall–Kier alpha value is -1.72. The predicted molar refractivity (Wildman–Crippen MR) is 93.5 cm³/mol. The summed E-state index contributed by atoms with van der Waals surface area (Å²) in [4.78, 5) is 9.18. The van der Waals surface area contributed by atoms with Crippen LogP contribution in [0.2, 0.25) is 0 Å². The quantitative estimate of drug-likeness (QED) is 0.940. The van der Waals surface area contributed by atoms with E-state index in [1.165, 1.54) is 6.07 Å². The second kappa shape index (κ2) is 6.81. The van der Waals surface area contributed by atoms with E-state index in [1.807, 2.05) is 19.1 Å². The van der Waals surface area contributed by atoms with Gasteiger partial charge in [-0.25, -0.2) is 9.37 Å². The van der Waals surface area contributed by atoms with Crippen molar-refractivity contribution < 1.29 is 4.39 Å². The van der Waals surface area contributed by atoms with Gasteiger partial charge in [-0.05, 0) is 33.0 Å². The van der Waals surface area contributed by atoms with Gasteiger partial charge in [0.15, 0.2) is 0 Å². The van der Waals surface area contributed by atoms with Crippen molar-refractivity contribution in [3.05, 3.63) is 35.8 Å². The number of aryl methyl sites for hydroxylation is 1. The molecule has 1 saturated heterocycles. The first-order chi connectivity index (χ1) is 11.0. The first kappa shape index (κ1) is 16.1. The molecule has 4 nitrogen and oxygen atoms in total. The molecule has 1 aliphatic heterocycles. The number of rotatable bonds is 4. The average molecular weight is 316 g/mol. The van der Waals surface area contributed by atoms with Crippen molar-refractivity contribution in [2.24, 2.45) is 0 Å². The van der Waals surface area contributed by atoms with Crippen molar-refractivity contribution in [3.8, 4) is 0 Å². The lowest BCUT2D eigenvalue weighted by molar-refractivity contribution is 0.151. The third-order valence-corrected chi connectivity index (χ3v) is 4.45. The summed E-state index contributed by atoms with van der Waals surface area (Å²) in [5, 5.41) is 4.40. The molecule has 0 spiro atoms. The highest BCUT2D eigenvalue weighted by molar-refractivity contribution is 5.91. The summed E-state index contributed by atoms with van der Waals surface area (Å²) in [6.07, 6.45) is 0. The van der Waals surface area contributed by atoms with E-state index < -0.39 is 0 Å². The highest BCUT2D eigenvalue weighted by Crippen LogP contribution is 2.25. The standard InChI is InChI=1S/C18H25FN4/c1-13-11-17(15-5-4-6-16(19)18(15)21-13)20-14(2)12-23-9-7-22(3)8-10-23/h4-6,11,14H,7-10,12H2,1-3H3,(H,20,21). The third kappa shape index (κ3) is 3.79. The minimum absolute atomic E-state index is 0.263. The van der Waals surface area contributed by atoms with E-state index in [2.05, 4.69) is 34.1 Å². The van der Waals surface area contributed by atoms with Crippen LogP contribution >= 0.6 is 0 Å². The van der Waals surface area contributed by atoms with Crippen molar-refractivity contribution in [2.75, 3.05) is 45.1 Å². The molecule has 1 aromatic carbocycles. The largest absolute Gasteiger partial charge is 0.381 e. The molecular weight excluding hydrogens is 291 g/mol. The Bertz CT molecular complexity index is 680. The number of benzene rings is 1. The fraction of sp³-hybridized carbons (Fsp3) is 0.500. The minimum atomic E-state index is -0.263. The van der Waals surface area contributed by atoms with Gasteiger partial charge in [0.25, 0.3) is 0 Å². The van der Waals surface area contributed by atoms with Gasteiger partial charge in [-0.2, -0.15) is 0 Å². The number of piperazine rings is 1. The van der Waals surface area contributed by atoms with Crippen LogP contribution in [-0.4, -0.2) is 60.6 Å². The van der Waals surface area contributed by atoms with Crippen LogP contribution in [0.5, 0.6) is 0 Å². The number of likely N-dealkylation sites (N-methyl/N-ethyl adjacent to an activating group) is 1. The molecule has 0 bridgehead atoms. The lowest BCUT2D eigenvalue weighted by atomic mass is 10.1. The van der Waals surface area contributed by atoms with Gasteiger partial charge in [0.05, 0.1) is 0 Å². The molecule has 2 heterocycles. The molecule has 0 saturated carbocycles. The average Bonchev–Trinajstić information content (AvgIpc) is 2.50. The van der Waals surface area contributed by atoms with Crippen molar-refractivity contribution in [2.45, 2.75) is 19.9 Å². The van der Waals surface area contributed by atoms with E-state index >= 15 is 0 Å². The molecular formula is C18H25FN4. The van der Waals surface area contributed by atoms with Crippen molar-refractivity contribution in [1.29, 1.82) is 0 Å². The van der Waals surface area contributed by atoms with Crippen molar-refractivity contribution >= 4 is 16.6 Å². The van der Waals surface area contributed by atoms with Crippen LogP contribution in [0.4, 0.5) is 10.1 Å². The highest BCUT2D eigenvalue weighted by Gasteiger charge is 2.17. The first-order valence-electron chi connectivity index (χ1n) is 8.26. The van der Waals surface area contributed by atoms with Crippen LogP contribution in [0.25, 0.3) is 10.9 Å². The molecule has 0 aliphatic carbocycles. The lowest BCUT2D eigenvalue weighted by Gasteiger charge is -2.34. The van der Waals surface area contributed by atoms with Crippen LogP contribution < -0.4 is 5.32 Å². The molecule has 1 unspecified atom stereocenters. The predicted octanol–water partition coefficient (Wildman–Crippen LogP) is 2.73. The normalized spacial score (nSPS) is 18.3. The van der Waals surface area contributed by atoms with E-state index in [1.54, 1.807) is 6.07 Å². The number of para-hydroxylation sites is 1. The van der Waals surface area contributed by atoms with E-state index in [0.29, 0.717) is 11.6 Å². The number of hydrogen-bond donors (Lipinski definition) is 1. The number of halogens is 1. The number of anilines is 1. The molecule has 1 fully saturated rings. The van der Waals surface area contributed by atoms with E-state index in [4.69, 9.17) is 0 Å². The summed E-state index contributed by atoms with van der Waals surface area (Å²) in [7, 11) is 2.17. The lowest BCUT2D eigenvalue weighted by Crippen LogP contribution is -2.47. The highest BCUT2D eigenvalue weighted by atomic mass is 19.1. The molecule has 5 heteroatoms.